The first-order chi connectivity index (χ1) is 4.61. The fourth-order valence-corrected chi connectivity index (χ4v) is 1.11. The maximum absolute atomic E-state index is 9.06. The van der Waals surface area contributed by atoms with Crippen molar-refractivity contribution in [2.24, 2.45) is 5.73 Å². The van der Waals surface area contributed by atoms with Crippen LogP contribution in [0.3, 0.4) is 0 Å². The van der Waals surface area contributed by atoms with Gasteiger partial charge in [0.1, 0.15) is 6.10 Å². The molecule has 0 spiro atoms. The van der Waals surface area contributed by atoms with E-state index in [0.717, 1.165) is 0 Å². The molecule has 1 rings (SSSR count). The van der Waals surface area contributed by atoms with E-state index in [1.165, 1.54) is 0 Å². The van der Waals surface area contributed by atoms with Gasteiger partial charge in [0.05, 0.1) is 6.10 Å². The van der Waals surface area contributed by atoms with Gasteiger partial charge >= 0.3 is 0 Å². The van der Waals surface area contributed by atoms with Crippen molar-refractivity contribution in [3.63, 3.8) is 0 Å². The number of rotatable bonds is 0. The largest absolute Gasteiger partial charge is 0.386 e. The van der Waals surface area contributed by atoms with Crippen LogP contribution in [-0.2, 0) is 4.74 Å². The Kier molecular flexibility index (Phi) is 2.25. The molecule has 1 heterocycles. The van der Waals surface area contributed by atoms with Gasteiger partial charge in [0.25, 0.3) is 0 Å². The second-order valence-electron chi connectivity index (χ2n) is 2.73. The van der Waals surface area contributed by atoms with Gasteiger partial charge in [0.15, 0.2) is 6.29 Å². The minimum absolute atomic E-state index is 0.0617. The monoisotopic (exact) mass is 147 g/mol. The van der Waals surface area contributed by atoms with Gasteiger partial charge in [-0.1, -0.05) is 0 Å². The fourth-order valence-electron chi connectivity index (χ4n) is 1.11. The predicted molar refractivity (Wildman–Crippen MR) is 35.2 cm³/mol. The summed E-state index contributed by atoms with van der Waals surface area (Å²) >= 11 is 0. The maximum atomic E-state index is 9.06. The fraction of sp³-hybridized carbons (Fsp3) is 1.00. The predicted octanol–water partition coefficient (Wildman–Crippen LogP) is -1.20. The molecule has 0 unspecified atom stereocenters. The number of aliphatic hydroxyl groups excluding tert-OH is 2. The van der Waals surface area contributed by atoms with Crippen molar-refractivity contribution >= 4 is 0 Å². The quantitative estimate of drug-likeness (QED) is 0.402. The Morgan fingerprint density at radius 2 is 2.10 bits per heavy atom. The van der Waals surface area contributed by atoms with Gasteiger partial charge in [0.2, 0.25) is 0 Å². The summed E-state index contributed by atoms with van der Waals surface area (Å²) in [6.07, 6.45) is -1.51. The molecule has 4 N–H and O–H groups in total. The van der Waals surface area contributed by atoms with Gasteiger partial charge in [-0.05, 0) is 13.3 Å². The van der Waals surface area contributed by atoms with Crippen LogP contribution in [0.4, 0.5) is 0 Å². The van der Waals surface area contributed by atoms with Gasteiger partial charge in [-0.25, -0.2) is 0 Å². The Labute approximate surface area is 59.6 Å². The first kappa shape index (κ1) is 7.94. The second kappa shape index (κ2) is 2.84. The van der Waals surface area contributed by atoms with Crippen LogP contribution >= 0.6 is 0 Å². The third-order valence-electron chi connectivity index (χ3n) is 1.71. The van der Waals surface area contributed by atoms with Gasteiger partial charge in [-0.15, -0.1) is 0 Å². The lowest BCUT2D eigenvalue weighted by Gasteiger charge is -2.33. The highest BCUT2D eigenvalue weighted by molar-refractivity contribution is 4.81. The second-order valence-corrected chi connectivity index (χ2v) is 2.73. The molecule has 1 fully saturated rings. The lowest BCUT2D eigenvalue weighted by atomic mass is 10.0. The molecule has 4 atom stereocenters. The summed E-state index contributed by atoms with van der Waals surface area (Å²) in [5, 5.41) is 18.0. The minimum atomic E-state index is -1.11. The Morgan fingerprint density at radius 1 is 1.50 bits per heavy atom. The third kappa shape index (κ3) is 1.46. The topological polar surface area (TPSA) is 75.7 Å². The molecular formula is C6H13NO3. The zero-order valence-electron chi connectivity index (χ0n) is 5.90. The molecule has 0 saturated carbocycles. The molecule has 0 bridgehead atoms. The number of ether oxygens (including phenoxy) is 1. The van der Waals surface area contributed by atoms with E-state index in [0.29, 0.717) is 6.42 Å². The average Bonchev–Trinajstić information content (AvgIpc) is 1.82. The first-order valence-electron chi connectivity index (χ1n) is 3.38. The summed E-state index contributed by atoms with van der Waals surface area (Å²) in [5.74, 6) is 0. The van der Waals surface area contributed by atoms with Crippen LogP contribution in [0.5, 0.6) is 0 Å². The van der Waals surface area contributed by atoms with Crippen LogP contribution in [0.25, 0.3) is 0 Å². The Morgan fingerprint density at radius 3 is 2.60 bits per heavy atom. The summed E-state index contributed by atoms with van der Waals surface area (Å²) in [4.78, 5) is 0. The lowest BCUT2D eigenvalue weighted by molar-refractivity contribution is -0.216. The molecule has 0 amide bonds. The molecule has 0 aromatic heterocycles. The number of aliphatic hydroxyl groups is 2. The van der Waals surface area contributed by atoms with Gasteiger partial charge < -0.3 is 20.7 Å². The minimum Gasteiger partial charge on any atom is -0.386 e. The van der Waals surface area contributed by atoms with Crippen molar-refractivity contribution in [1.82, 2.24) is 0 Å². The summed E-state index contributed by atoms with van der Waals surface area (Å²) in [7, 11) is 0. The molecule has 0 aromatic carbocycles. The Hall–Kier alpha value is -0.160. The smallest absolute Gasteiger partial charge is 0.182 e. The van der Waals surface area contributed by atoms with E-state index in [2.05, 4.69) is 0 Å². The van der Waals surface area contributed by atoms with E-state index < -0.39 is 12.4 Å². The van der Waals surface area contributed by atoms with Crippen molar-refractivity contribution in [3.8, 4) is 0 Å². The zero-order chi connectivity index (χ0) is 7.72. The van der Waals surface area contributed by atoms with E-state index in [1.807, 2.05) is 6.92 Å². The van der Waals surface area contributed by atoms with Crippen LogP contribution < -0.4 is 5.73 Å². The van der Waals surface area contributed by atoms with Gasteiger partial charge in [-0.2, -0.15) is 0 Å². The molecule has 1 aliphatic heterocycles. The highest BCUT2D eigenvalue weighted by Gasteiger charge is 2.32. The van der Waals surface area contributed by atoms with Gasteiger partial charge in [0, 0.05) is 6.04 Å². The first-order valence-corrected chi connectivity index (χ1v) is 3.38. The molecule has 1 aliphatic rings. The Balaban J connectivity index is 2.49. The van der Waals surface area contributed by atoms with Crippen molar-refractivity contribution in [1.29, 1.82) is 0 Å². The Bertz CT molecular complexity index is 108. The number of hydrogen-bond donors (Lipinski definition) is 3. The standard InChI is InChI=1S/C6H13NO3/c1-3-2-4(7)5(8)6(9)10-3/h3-6,8-9H,2,7H2,1H3/t3-,4-,5+,6+/m1/s1. The molecule has 60 valence electrons. The zero-order valence-corrected chi connectivity index (χ0v) is 5.90. The summed E-state index contributed by atoms with van der Waals surface area (Å²) in [6.45, 7) is 1.81. The number of hydrogen-bond acceptors (Lipinski definition) is 4. The summed E-state index contributed by atoms with van der Waals surface area (Å²) in [6, 6.07) is -0.362. The molecule has 1 saturated heterocycles. The SMILES string of the molecule is C[C@@H]1C[C@@H](N)[C@H](O)[C@@H](O)O1. The normalized spacial score (nSPS) is 49.2. The van der Waals surface area contributed by atoms with Crippen LogP contribution in [0.15, 0.2) is 0 Å². The van der Waals surface area contributed by atoms with E-state index in [4.69, 9.17) is 20.7 Å². The average molecular weight is 147 g/mol. The summed E-state index contributed by atoms with van der Waals surface area (Å²) < 4.78 is 4.89. The van der Waals surface area contributed by atoms with Crippen molar-refractivity contribution < 1.29 is 14.9 Å². The highest BCUT2D eigenvalue weighted by Crippen LogP contribution is 2.16. The van der Waals surface area contributed by atoms with Gasteiger partial charge in [-0.3, -0.25) is 0 Å². The van der Waals surface area contributed by atoms with Crippen molar-refractivity contribution in [2.75, 3.05) is 0 Å². The van der Waals surface area contributed by atoms with E-state index >= 15 is 0 Å². The van der Waals surface area contributed by atoms with Crippen LogP contribution in [0, 0.1) is 0 Å². The van der Waals surface area contributed by atoms with Crippen LogP contribution in [0.1, 0.15) is 13.3 Å². The molecule has 0 radical (unpaired) electrons. The van der Waals surface area contributed by atoms with E-state index in [1.54, 1.807) is 0 Å². The number of nitrogens with two attached hydrogens (primary N) is 1. The molecule has 4 heteroatoms. The van der Waals surface area contributed by atoms with E-state index in [9.17, 15) is 0 Å². The molecule has 0 aromatic rings. The highest BCUT2D eigenvalue weighted by atomic mass is 16.6. The third-order valence-corrected chi connectivity index (χ3v) is 1.71. The summed E-state index contributed by atoms with van der Waals surface area (Å²) in [5.41, 5.74) is 5.47. The molecule has 4 nitrogen and oxygen atoms in total. The van der Waals surface area contributed by atoms with Crippen molar-refractivity contribution in [2.45, 2.75) is 37.9 Å². The maximum Gasteiger partial charge on any atom is 0.182 e. The van der Waals surface area contributed by atoms with Crippen LogP contribution in [-0.4, -0.2) is 34.8 Å². The molecule has 0 aliphatic carbocycles. The lowest BCUT2D eigenvalue weighted by Crippen LogP contribution is -2.51. The molecular weight excluding hydrogens is 134 g/mol. The van der Waals surface area contributed by atoms with Crippen molar-refractivity contribution in [3.05, 3.63) is 0 Å². The van der Waals surface area contributed by atoms with Crippen LogP contribution in [0.2, 0.25) is 0 Å². The molecule has 10 heavy (non-hydrogen) atoms. The van der Waals surface area contributed by atoms with E-state index in [-0.39, 0.29) is 12.1 Å².